The second kappa shape index (κ2) is 31.2. The van der Waals surface area contributed by atoms with Crippen LogP contribution < -0.4 is 0 Å². The van der Waals surface area contributed by atoms with Gasteiger partial charge < -0.3 is 4.90 Å². The van der Waals surface area contributed by atoms with E-state index in [1.807, 2.05) is 0 Å². The first kappa shape index (κ1) is 41.8. The van der Waals surface area contributed by atoms with E-state index in [-0.39, 0.29) is 48.3 Å². The Morgan fingerprint density at radius 1 is 0.818 bits per heavy atom. The van der Waals surface area contributed by atoms with E-state index in [2.05, 4.69) is 25.8 Å². The third-order valence-electron chi connectivity index (χ3n) is 1.08. The van der Waals surface area contributed by atoms with Crippen LogP contribution in [-0.2, 0) is 18.6 Å². The Morgan fingerprint density at radius 3 is 1.00 bits per heavy atom. The summed E-state index contributed by atoms with van der Waals surface area (Å²) in [5.74, 6) is 0. The Bertz CT molecular complexity index is 28.7. The van der Waals surface area contributed by atoms with Crippen LogP contribution in [0.3, 0.4) is 0 Å². The molecule has 0 aromatic carbocycles. The molecule has 0 spiro atoms. The molecule has 0 amide bonds. The zero-order chi connectivity index (χ0) is 4.99. The molecule has 11 heavy (non-hydrogen) atoms. The van der Waals surface area contributed by atoms with E-state index in [1.165, 1.54) is 0 Å². The second-order valence-corrected chi connectivity index (χ2v) is 1.49. The third-order valence-corrected chi connectivity index (χ3v) is 1.08. The van der Waals surface area contributed by atoms with E-state index in [0.717, 1.165) is 13.1 Å². The largest absolute Gasteiger partial charge is 0.307 e. The summed E-state index contributed by atoms with van der Waals surface area (Å²) in [7, 11) is 2.11. The summed E-state index contributed by atoms with van der Waals surface area (Å²) in [6.45, 7) is 6.64. The van der Waals surface area contributed by atoms with Gasteiger partial charge in [-0.3, -0.25) is 0 Å². The fourth-order valence-corrected chi connectivity index (χ4v) is 0.224. The van der Waals surface area contributed by atoms with Gasteiger partial charge in [-0.1, -0.05) is 43.6 Å². The first-order chi connectivity index (χ1) is 2.81. The van der Waals surface area contributed by atoms with Gasteiger partial charge in [0.1, 0.15) is 0 Å². The van der Waals surface area contributed by atoms with Crippen molar-refractivity contribution in [2.45, 2.75) is 43.6 Å². The van der Waals surface area contributed by atoms with Crippen LogP contribution >= 0.6 is 0 Å². The van der Waals surface area contributed by atoms with Crippen molar-refractivity contribution in [3.05, 3.63) is 0 Å². The molecule has 0 aromatic heterocycles. The molecule has 0 unspecified atom stereocenters. The van der Waals surface area contributed by atoms with Gasteiger partial charge in [-0.15, -0.1) is 0 Å². The summed E-state index contributed by atoms with van der Waals surface area (Å²) in [5.41, 5.74) is 0. The minimum Gasteiger partial charge on any atom is -0.307 e. The average Bonchev–Trinajstić information content (AvgIpc) is 1.65. The number of hydrogen-bond donors (Lipinski definition) is 0. The monoisotopic (exact) mass is 202 g/mol. The predicted molar refractivity (Wildman–Crippen MR) is 55.8 cm³/mol. The molecular formula is C9H29NV. The molecule has 0 aliphatic rings. The summed E-state index contributed by atoms with van der Waals surface area (Å²) in [4.78, 5) is 2.25. The molecule has 0 rings (SSSR count). The maximum atomic E-state index is 2.25. The van der Waals surface area contributed by atoms with Crippen LogP contribution in [0.25, 0.3) is 0 Å². The second-order valence-electron chi connectivity index (χ2n) is 1.49. The van der Waals surface area contributed by atoms with Crippen LogP contribution in [0, 0.1) is 0 Å². The molecule has 0 aromatic rings. The minimum atomic E-state index is 0. The maximum absolute atomic E-state index is 2.25. The molecule has 0 N–H and O–H groups in total. The summed E-state index contributed by atoms with van der Waals surface area (Å²) in [6, 6.07) is 0. The van der Waals surface area contributed by atoms with Gasteiger partial charge in [-0.05, 0) is 20.1 Å². The number of nitrogens with zero attached hydrogens (tertiary/aromatic N) is 1. The Morgan fingerprint density at radius 2 is 1.00 bits per heavy atom. The smallest absolute Gasteiger partial charge is 0 e. The zero-order valence-corrected chi connectivity index (χ0v) is 6.71. The molecular weight excluding hydrogens is 173 g/mol. The number of hydrogen-bond acceptors (Lipinski definition) is 1. The van der Waals surface area contributed by atoms with Crippen molar-refractivity contribution in [1.29, 1.82) is 0 Å². The fourth-order valence-electron chi connectivity index (χ4n) is 0.224. The van der Waals surface area contributed by atoms with Crippen molar-refractivity contribution in [1.82, 2.24) is 4.90 Å². The first-order valence-corrected chi connectivity index (χ1v) is 2.49. The Hall–Kier alpha value is 0.544. The molecule has 0 bridgehead atoms. The van der Waals surface area contributed by atoms with Crippen LogP contribution in [0.5, 0.6) is 0 Å². The van der Waals surface area contributed by atoms with E-state index < -0.39 is 0 Å². The summed E-state index contributed by atoms with van der Waals surface area (Å²) >= 11 is 0. The summed E-state index contributed by atoms with van der Waals surface area (Å²) in [5, 5.41) is 0. The molecule has 1 radical (unpaired) electrons. The van der Waals surface area contributed by atoms with Gasteiger partial charge in [0, 0.05) is 18.6 Å². The fraction of sp³-hybridized carbons (Fsp3) is 1.00. The van der Waals surface area contributed by atoms with Gasteiger partial charge in [0.15, 0.2) is 0 Å². The summed E-state index contributed by atoms with van der Waals surface area (Å²) < 4.78 is 0. The van der Waals surface area contributed by atoms with Gasteiger partial charge in [0.2, 0.25) is 0 Å². The van der Waals surface area contributed by atoms with E-state index >= 15 is 0 Å². The Kier molecular flexibility index (Phi) is 119. The van der Waals surface area contributed by atoms with Crippen LogP contribution in [0.1, 0.15) is 43.6 Å². The van der Waals surface area contributed by atoms with E-state index in [0.29, 0.717) is 0 Å². The van der Waals surface area contributed by atoms with Gasteiger partial charge in [0.05, 0.1) is 0 Å². The van der Waals surface area contributed by atoms with E-state index in [4.69, 9.17) is 0 Å². The molecule has 0 saturated carbocycles. The van der Waals surface area contributed by atoms with Crippen LogP contribution in [-0.4, -0.2) is 25.0 Å². The molecule has 0 saturated heterocycles. The molecule has 75 valence electrons. The van der Waals surface area contributed by atoms with Crippen molar-refractivity contribution >= 4 is 0 Å². The molecule has 0 fully saturated rings. The molecule has 0 heterocycles. The zero-order valence-electron chi connectivity index (χ0n) is 5.31. The van der Waals surface area contributed by atoms with Crippen molar-refractivity contribution in [2.75, 3.05) is 20.1 Å². The average molecular weight is 202 g/mol. The normalized spacial score (nSPS) is 5.45. The topological polar surface area (TPSA) is 3.24 Å². The van der Waals surface area contributed by atoms with Crippen molar-refractivity contribution in [3.8, 4) is 0 Å². The quantitative estimate of drug-likeness (QED) is 0.662. The van der Waals surface area contributed by atoms with E-state index in [1.54, 1.807) is 0 Å². The summed E-state index contributed by atoms with van der Waals surface area (Å²) in [6.07, 6.45) is 0. The SMILES string of the molecule is C.C.C.C.CCN(C)CC.[V]. The first-order valence-electron chi connectivity index (χ1n) is 2.49. The number of rotatable bonds is 2. The Labute approximate surface area is 87.5 Å². The molecule has 0 atom stereocenters. The van der Waals surface area contributed by atoms with Gasteiger partial charge in [-0.2, -0.15) is 0 Å². The van der Waals surface area contributed by atoms with Crippen molar-refractivity contribution in [2.24, 2.45) is 0 Å². The van der Waals surface area contributed by atoms with Gasteiger partial charge in [-0.25, -0.2) is 0 Å². The molecule has 0 aliphatic carbocycles. The standard InChI is InChI=1S/C5H13N.4CH4.V/c1-4-6(3)5-2;;;;;/h4-5H2,1-3H3;4*1H4;. The minimum absolute atomic E-state index is 0. The molecule has 0 aliphatic heterocycles. The molecule has 1 nitrogen and oxygen atoms in total. The van der Waals surface area contributed by atoms with Crippen LogP contribution in [0.15, 0.2) is 0 Å². The predicted octanol–water partition coefficient (Wildman–Crippen LogP) is 3.50. The van der Waals surface area contributed by atoms with E-state index in [9.17, 15) is 0 Å². The maximum Gasteiger partial charge on any atom is 0 e. The van der Waals surface area contributed by atoms with Crippen molar-refractivity contribution in [3.63, 3.8) is 0 Å². The van der Waals surface area contributed by atoms with Gasteiger partial charge >= 0.3 is 0 Å². The van der Waals surface area contributed by atoms with Gasteiger partial charge in [0.25, 0.3) is 0 Å². The Balaban J connectivity index is -0.0000000125. The van der Waals surface area contributed by atoms with Crippen molar-refractivity contribution < 1.29 is 18.6 Å². The molecule has 2 heteroatoms. The van der Waals surface area contributed by atoms with Crippen LogP contribution in [0.2, 0.25) is 0 Å². The van der Waals surface area contributed by atoms with Crippen LogP contribution in [0.4, 0.5) is 0 Å². The third kappa shape index (κ3) is 37.3.